The molecule has 0 aliphatic heterocycles. The number of hydrogen-bond acceptors (Lipinski definition) is 5. The molecule has 0 fully saturated rings. The number of carbonyl (C=O) groups excluding carboxylic acids is 2. The summed E-state index contributed by atoms with van der Waals surface area (Å²) in [7, 11) is 1.34. The Hall–Kier alpha value is -2.58. The zero-order valence-electron chi connectivity index (χ0n) is 14.7. The molecule has 0 bridgehead atoms. The topological polar surface area (TPSA) is 76.7 Å². The maximum atomic E-state index is 12.2. The van der Waals surface area contributed by atoms with Gasteiger partial charge in [-0.05, 0) is 49.4 Å². The number of urea groups is 1. The normalized spacial score (nSPS) is 10.5. The Morgan fingerprint density at radius 2 is 1.74 bits per heavy atom. The molecule has 0 unspecified atom stereocenters. The van der Waals surface area contributed by atoms with Gasteiger partial charge in [-0.3, -0.25) is 0 Å². The van der Waals surface area contributed by atoms with Gasteiger partial charge in [-0.15, -0.1) is 11.3 Å². The van der Waals surface area contributed by atoms with Crippen LogP contribution in [-0.4, -0.2) is 25.7 Å². The summed E-state index contributed by atoms with van der Waals surface area (Å²) in [5.74, 6) is 0.0310. The number of anilines is 2. The van der Waals surface area contributed by atoms with E-state index in [4.69, 9.17) is 9.47 Å². The van der Waals surface area contributed by atoms with E-state index in [2.05, 4.69) is 26.6 Å². The molecular weight excluding hydrogens is 432 g/mol. The summed E-state index contributed by atoms with van der Waals surface area (Å²) >= 11 is 4.65. The first-order valence-corrected chi connectivity index (χ1v) is 9.74. The fraction of sp³-hybridized carbons (Fsp3) is 0.158. The van der Waals surface area contributed by atoms with Crippen molar-refractivity contribution in [3.05, 3.63) is 51.8 Å². The van der Waals surface area contributed by atoms with Crippen molar-refractivity contribution in [1.82, 2.24) is 0 Å². The lowest BCUT2D eigenvalue weighted by Crippen LogP contribution is -2.19. The second-order valence-electron chi connectivity index (χ2n) is 5.48. The van der Waals surface area contributed by atoms with Crippen LogP contribution in [0.25, 0.3) is 10.1 Å². The monoisotopic (exact) mass is 448 g/mol. The number of carbonyl (C=O) groups is 2. The van der Waals surface area contributed by atoms with E-state index < -0.39 is 5.97 Å². The molecular formula is C19H17BrN2O4S. The Morgan fingerprint density at radius 1 is 1.07 bits per heavy atom. The van der Waals surface area contributed by atoms with Crippen LogP contribution in [0.2, 0.25) is 0 Å². The van der Waals surface area contributed by atoms with E-state index >= 15 is 0 Å². The number of benzene rings is 2. The lowest BCUT2D eigenvalue weighted by Gasteiger charge is -2.09. The first-order valence-electron chi connectivity index (χ1n) is 8.13. The van der Waals surface area contributed by atoms with Gasteiger partial charge in [0.1, 0.15) is 0 Å². The number of fused-ring (bicyclic) bond motifs is 1. The molecule has 2 amide bonds. The predicted octanol–water partition coefficient (Wildman–Crippen LogP) is 5.49. The lowest BCUT2D eigenvalue weighted by atomic mass is 10.2. The highest BCUT2D eigenvalue weighted by molar-refractivity contribution is 9.10. The minimum absolute atomic E-state index is 0.363. The summed E-state index contributed by atoms with van der Waals surface area (Å²) in [5, 5.41) is 6.31. The molecule has 0 atom stereocenters. The smallest absolute Gasteiger partial charge is 0.351 e. The van der Waals surface area contributed by atoms with Crippen molar-refractivity contribution >= 4 is 60.7 Å². The molecule has 140 valence electrons. The van der Waals surface area contributed by atoms with Crippen molar-refractivity contribution in [3.8, 4) is 5.75 Å². The first kappa shape index (κ1) is 19.2. The van der Waals surface area contributed by atoms with Gasteiger partial charge in [0, 0.05) is 25.9 Å². The van der Waals surface area contributed by atoms with Crippen LogP contribution in [0.4, 0.5) is 16.2 Å². The molecule has 0 saturated carbocycles. The number of halogens is 1. The zero-order chi connectivity index (χ0) is 19.4. The molecule has 2 N–H and O–H groups in total. The molecule has 2 aromatic carbocycles. The molecule has 6 nitrogen and oxygen atoms in total. The summed E-state index contributed by atoms with van der Waals surface area (Å²) in [4.78, 5) is 24.6. The highest BCUT2D eigenvalue weighted by Gasteiger charge is 2.20. The molecule has 27 heavy (non-hydrogen) atoms. The SMILES string of the molecule is CCOc1c(C(=O)OC)sc2ccc(NC(=O)Nc3ccc(Br)cc3)cc12. The van der Waals surface area contributed by atoms with Gasteiger partial charge in [-0.2, -0.15) is 0 Å². The average molecular weight is 449 g/mol. The largest absolute Gasteiger partial charge is 0.491 e. The van der Waals surface area contributed by atoms with Crippen molar-refractivity contribution in [2.45, 2.75) is 6.92 Å². The molecule has 8 heteroatoms. The number of esters is 1. The molecule has 0 saturated heterocycles. The molecule has 0 radical (unpaired) electrons. The van der Waals surface area contributed by atoms with Gasteiger partial charge in [0.25, 0.3) is 0 Å². The number of ether oxygens (including phenoxy) is 2. The maximum Gasteiger partial charge on any atom is 0.351 e. The Morgan fingerprint density at radius 3 is 2.41 bits per heavy atom. The molecule has 1 aromatic heterocycles. The van der Waals surface area contributed by atoms with Crippen molar-refractivity contribution in [1.29, 1.82) is 0 Å². The second kappa shape index (κ2) is 8.41. The molecule has 3 rings (SSSR count). The van der Waals surface area contributed by atoms with Gasteiger partial charge >= 0.3 is 12.0 Å². The number of rotatable bonds is 5. The number of nitrogens with one attached hydrogen (secondary N) is 2. The van der Waals surface area contributed by atoms with Crippen molar-refractivity contribution < 1.29 is 19.1 Å². The van der Waals surface area contributed by atoms with Crippen LogP contribution in [-0.2, 0) is 4.74 Å². The van der Waals surface area contributed by atoms with E-state index in [0.29, 0.717) is 28.6 Å². The van der Waals surface area contributed by atoms with E-state index in [1.54, 1.807) is 24.3 Å². The number of thiophene rings is 1. The van der Waals surface area contributed by atoms with Gasteiger partial charge in [-0.25, -0.2) is 9.59 Å². The summed E-state index contributed by atoms with van der Waals surface area (Å²) in [6, 6.07) is 12.3. The van der Waals surface area contributed by atoms with E-state index in [0.717, 1.165) is 14.6 Å². The minimum Gasteiger partial charge on any atom is -0.491 e. The van der Waals surface area contributed by atoms with Crippen LogP contribution in [0.15, 0.2) is 46.9 Å². The van der Waals surface area contributed by atoms with Gasteiger partial charge in [0.15, 0.2) is 10.6 Å². The van der Waals surface area contributed by atoms with Crippen LogP contribution in [0.3, 0.4) is 0 Å². The van der Waals surface area contributed by atoms with Crippen LogP contribution in [0.1, 0.15) is 16.6 Å². The van der Waals surface area contributed by atoms with E-state index in [1.807, 2.05) is 25.1 Å². The van der Waals surface area contributed by atoms with E-state index in [-0.39, 0.29) is 6.03 Å². The molecule has 0 spiro atoms. The van der Waals surface area contributed by atoms with E-state index in [1.165, 1.54) is 18.4 Å². The van der Waals surface area contributed by atoms with E-state index in [9.17, 15) is 9.59 Å². The summed E-state index contributed by atoms with van der Waals surface area (Å²) < 4.78 is 12.3. The second-order valence-corrected chi connectivity index (χ2v) is 7.45. The molecule has 0 aliphatic carbocycles. The first-order chi connectivity index (χ1) is 13.0. The molecule has 3 aromatic rings. The Balaban J connectivity index is 1.84. The Bertz CT molecular complexity index is 985. The van der Waals surface area contributed by atoms with Crippen molar-refractivity contribution in [2.75, 3.05) is 24.4 Å². The quantitative estimate of drug-likeness (QED) is 0.505. The number of methoxy groups -OCH3 is 1. The number of hydrogen-bond donors (Lipinski definition) is 2. The Kier molecular flexibility index (Phi) is 5.98. The summed E-state index contributed by atoms with van der Waals surface area (Å²) in [6.07, 6.45) is 0. The van der Waals surface area contributed by atoms with Crippen LogP contribution >= 0.6 is 27.3 Å². The van der Waals surface area contributed by atoms with Gasteiger partial charge in [-0.1, -0.05) is 15.9 Å². The third kappa shape index (κ3) is 4.40. The average Bonchev–Trinajstić information content (AvgIpc) is 3.01. The minimum atomic E-state index is -0.442. The van der Waals surface area contributed by atoms with Gasteiger partial charge in [0.05, 0.1) is 13.7 Å². The van der Waals surface area contributed by atoms with Crippen LogP contribution in [0, 0.1) is 0 Å². The third-order valence-electron chi connectivity index (χ3n) is 3.66. The van der Waals surface area contributed by atoms with Crippen LogP contribution < -0.4 is 15.4 Å². The summed E-state index contributed by atoms with van der Waals surface area (Å²) in [5.41, 5.74) is 1.27. The fourth-order valence-corrected chi connectivity index (χ4v) is 3.80. The highest BCUT2D eigenvalue weighted by Crippen LogP contribution is 2.39. The van der Waals surface area contributed by atoms with Gasteiger partial charge < -0.3 is 20.1 Å². The molecule has 1 heterocycles. The van der Waals surface area contributed by atoms with Crippen molar-refractivity contribution in [3.63, 3.8) is 0 Å². The molecule has 0 aliphatic rings. The maximum absolute atomic E-state index is 12.2. The zero-order valence-corrected chi connectivity index (χ0v) is 17.1. The summed E-state index contributed by atoms with van der Waals surface area (Å²) in [6.45, 7) is 2.26. The highest BCUT2D eigenvalue weighted by atomic mass is 79.9. The van der Waals surface area contributed by atoms with Gasteiger partial charge in [0.2, 0.25) is 0 Å². The fourth-order valence-electron chi connectivity index (χ4n) is 2.49. The Labute approximate surface area is 168 Å². The van der Waals surface area contributed by atoms with Crippen molar-refractivity contribution in [2.24, 2.45) is 0 Å². The van der Waals surface area contributed by atoms with Crippen LogP contribution in [0.5, 0.6) is 5.75 Å². The third-order valence-corrected chi connectivity index (χ3v) is 5.32. The lowest BCUT2D eigenvalue weighted by molar-refractivity contribution is 0.0602. The number of amides is 2. The standard InChI is InChI=1S/C19H17BrN2O4S/c1-3-26-16-14-10-13(8-9-15(14)27-17(16)18(23)25-2)22-19(24)21-12-6-4-11(20)5-7-12/h4-10H,3H2,1-2H3,(H2,21,22,24). The predicted molar refractivity (Wildman–Crippen MR) is 111 cm³/mol.